The fourth-order valence-electron chi connectivity index (χ4n) is 6.25. The Balaban J connectivity index is 1.46. The summed E-state index contributed by atoms with van der Waals surface area (Å²) in [5.74, 6) is -0.874. The van der Waals surface area contributed by atoms with E-state index < -0.39 is 23.2 Å². The number of rotatable bonds is 5. The molecule has 1 fully saturated rings. The standard InChI is InChI=1S/C27H25F2N5O2/c1-14(35)9-15-13-36-25(31-15)21-11-30-12-22(32-21)27-8-7-17(26(27,2)3)16-10-20(33-34-24(16)27)23-18(28)5-4-6-19(23)29/h4-6,10-14,17,35H,7-9H2,1-3H3/t14?,17-,27-/m0/s1. The topological polar surface area (TPSA) is 97.8 Å². The summed E-state index contributed by atoms with van der Waals surface area (Å²) < 4.78 is 34.6. The first-order valence-corrected chi connectivity index (χ1v) is 12.0. The first-order valence-electron chi connectivity index (χ1n) is 12.0. The molecule has 36 heavy (non-hydrogen) atoms. The van der Waals surface area contributed by atoms with Gasteiger partial charge in [0.15, 0.2) is 0 Å². The molecule has 2 bridgehead atoms. The molecule has 9 heteroatoms. The fraction of sp³-hybridized carbons (Fsp3) is 0.370. The highest BCUT2D eigenvalue weighted by Gasteiger charge is 2.65. The van der Waals surface area contributed by atoms with Crippen LogP contribution in [0.4, 0.5) is 8.78 Å². The van der Waals surface area contributed by atoms with Crippen molar-refractivity contribution >= 4 is 0 Å². The molecule has 184 valence electrons. The summed E-state index contributed by atoms with van der Waals surface area (Å²) in [6.45, 7) is 6.04. The van der Waals surface area contributed by atoms with Crippen molar-refractivity contribution in [1.29, 1.82) is 0 Å². The Kier molecular flexibility index (Phi) is 5.05. The van der Waals surface area contributed by atoms with Crippen molar-refractivity contribution in [3.8, 4) is 22.8 Å². The minimum Gasteiger partial charge on any atom is -0.443 e. The number of fused-ring (bicyclic) bond motifs is 5. The number of hydrogen-bond acceptors (Lipinski definition) is 7. The summed E-state index contributed by atoms with van der Waals surface area (Å²) in [6.07, 6.45) is 6.39. The number of aliphatic hydroxyl groups is 1. The van der Waals surface area contributed by atoms with Crippen molar-refractivity contribution in [1.82, 2.24) is 25.1 Å². The molecule has 1 N–H and O–H groups in total. The van der Waals surface area contributed by atoms with Crippen molar-refractivity contribution in [2.24, 2.45) is 5.41 Å². The Morgan fingerprint density at radius 2 is 1.89 bits per heavy atom. The SMILES string of the molecule is CC(O)Cc1coc(-c2cncc([C@@]34CC[C@@H](c5cc(-c6c(F)cccc6F)nnc53)C4(C)C)n2)n1. The second kappa shape index (κ2) is 7.96. The van der Waals surface area contributed by atoms with Crippen LogP contribution in [0, 0.1) is 17.0 Å². The van der Waals surface area contributed by atoms with Crippen molar-refractivity contribution in [3.05, 3.63) is 77.2 Å². The Morgan fingerprint density at radius 1 is 1.11 bits per heavy atom. The quantitative estimate of drug-likeness (QED) is 0.422. The minimum atomic E-state index is -0.666. The van der Waals surface area contributed by atoms with E-state index in [-0.39, 0.29) is 22.6 Å². The molecule has 3 aromatic heterocycles. The number of hydrogen-bond donors (Lipinski definition) is 1. The zero-order chi connectivity index (χ0) is 25.2. The van der Waals surface area contributed by atoms with Gasteiger partial charge in [-0.25, -0.2) is 18.7 Å². The number of benzene rings is 1. The van der Waals surface area contributed by atoms with Crippen molar-refractivity contribution < 1.29 is 18.3 Å². The Morgan fingerprint density at radius 3 is 2.64 bits per heavy atom. The highest BCUT2D eigenvalue weighted by Crippen LogP contribution is 2.69. The van der Waals surface area contributed by atoms with Gasteiger partial charge >= 0.3 is 0 Å². The summed E-state index contributed by atoms with van der Waals surface area (Å²) in [7, 11) is 0. The summed E-state index contributed by atoms with van der Waals surface area (Å²) >= 11 is 0. The summed E-state index contributed by atoms with van der Waals surface area (Å²) in [5.41, 5.74) is 2.76. The zero-order valence-electron chi connectivity index (χ0n) is 20.2. The molecule has 0 saturated heterocycles. The number of aliphatic hydroxyl groups excluding tert-OH is 1. The lowest BCUT2D eigenvalue weighted by molar-refractivity contribution is 0.194. The molecule has 1 unspecified atom stereocenters. The van der Waals surface area contributed by atoms with Crippen LogP contribution in [0.1, 0.15) is 62.2 Å². The minimum absolute atomic E-state index is 0.126. The average Bonchev–Trinajstić information content (AvgIpc) is 3.46. The molecule has 2 aliphatic rings. The molecule has 1 saturated carbocycles. The van der Waals surface area contributed by atoms with Gasteiger partial charge in [-0.15, -0.1) is 5.10 Å². The van der Waals surface area contributed by atoms with Gasteiger partial charge in [0.1, 0.15) is 23.6 Å². The third-order valence-corrected chi connectivity index (χ3v) is 7.95. The molecule has 0 aliphatic heterocycles. The number of halogens is 2. The van der Waals surface area contributed by atoms with Gasteiger partial charge < -0.3 is 9.52 Å². The third kappa shape index (κ3) is 3.15. The van der Waals surface area contributed by atoms with Crippen molar-refractivity contribution in [3.63, 3.8) is 0 Å². The Bertz CT molecular complexity index is 1460. The number of aromatic nitrogens is 5. The van der Waals surface area contributed by atoms with Crippen molar-refractivity contribution in [2.45, 2.75) is 57.5 Å². The maximum Gasteiger partial charge on any atom is 0.246 e. The fourth-order valence-corrected chi connectivity index (χ4v) is 6.25. The average molecular weight is 490 g/mol. The Hall–Kier alpha value is -3.59. The van der Waals surface area contributed by atoms with E-state index in [1.165, 1.54) is 24.5 Å². The van der Waals surface area contributed by atoms with E-state index in [1.54, 1.807) is 25.4 Å². The third-order valence-electron chi connectivity index (χ3n) is 7.95. The van der Waals surface area contributed by atoms with Crippen LogP contribution < -0.4 is 0 Å². The van der Waals surface area contributed by atoms with Gasteiger partial charge in [0.05, 0.1) is 46.1 Å². The van der Waals surface area contributed by atoms with Gasteiger partial charge in [0, 0.05) is 12.6 Å². The molecule has 6 rings (SSSR count). The molecule has 4 aromatic rings. The lowest BCUT2D eigenvalue weighted by Crippen LogP contribution is -2.38. The predicted octanol–water partition coefficient (Wildman–Crippen LogP) is 4.99. The van der Waals surface area contributed by atoms with Gasteiger partial charge in [-0.05, 0) is 54.9 Å². The second-order valence-corrected chi connectivity index (χ2v) is 10.3. The van der Waals surface area contributed by atoms with E-state index >= 15 is 0 Å². The van der Waals surface area contributed by atoms with Gasteiger partial charge in [0.2, 0.25) is 5.89 Å². The summed E-state index contributed by atoms with van der Waals surface area (Å²) in [5, 5.41) is 18.5. The van der Waals surface area contributed by atoms with Crippen LogP contribution >= 0.6 is 0 Å². The molecule has 0 radical (unpaired) electrons. The van der Waals surface area contributed by atoms with E-state index in [0.29, 0.717) is 23.7 Å². The molecular formula is C27H25F2N5O2. The van der Waals surface area contributed by atoms with Crippen LogP contribution in [0.3, 0.4) is 0 Å². The zero-order valence-corrected chi connectivity index (χ0v) is 20.2. The van der Waals surface area contributed by atoms with E-state index in [1.807, 2.05) is 0 Å². The monoisotopic (exact) mass is 489 g/mol. The molecule has 0 amide bonds. The Labute approximate surface area is 206 Å². The highest BCUT2D eigenvalue weighted by atomic mass is 19.1. The summed E-state index contributed by atoms with van der Waals surface area (Å²) in [4.78, 5) is 13.8. The van der Waals surface area contributed by atoms with E-state index in [2.05, 4.69) is 34.0 Å². The number of nitrogens with zero attached hydrogens (tertiary/aromatic N) is 5. The maximum atomic E-state index is 14.5. The van der Waals surface area contributed by atoms with Crippen molar-refractivity contribution in [2.75, 3.05) is 0 Å². The normalized spacial score (nSPS) is 22.6. The first kappa shape index (κ1) is 22.8. The molecule has 0 spiro atoms. The molecule has 3 atom stereocenters. The second-order valence-electron chi connectivity index (χ2n) is 10.3. The lowest BCUT2D eigenvalue weighted by Gasteiger charge is -2.37. The van der Waals surface area contributed by atoms with Crippen LogP contribution in [0.2, 0.25) is 0 Å². The largest absolute Gasteiger partial charge is 0.443 e. The van der Waals surface area contributed by atoms with Crippen LogP contribution in [-0.2, 0) is 11.8 Å². The highest BCUT2D eigenvalue weighted by molar-refractivity contribution is 5.64. The van der Waals surface area contributed by atoms with Crippen LogP contribution in [0.25, 0.3) is 22.8 Å². The predicted molar refractivity (Wildman–Crippen MR) is 127 cm³/mol. The summed E-state index contributed by atoms with van der Waals surface area (Å²) in [6, 6.07) is 5.56. The van der Waals surface area contributed by atoms with Gasteiger partial charge in [0.25, 0.3) is 0 Å². The van der Waals surface area contributed by atoms with E-state index in [0.717, 1.165) is 29.8 Å². The van der Waals surface area contributed by atoms with Gasteiger partial charge in [-0.2, -0.15) is 5.10 Å². The smallest absolute Gasteiger partial charge is 0.246 e. The molecular weight excluding hydrogens is 464 g/mol. The molecule has 1 aromatic carbocycles. The molecule has 7 nitrogen and oxygen atoms in total. The first-order chi connectivity index (χ1) is 17.2. The van der Waals surface area contributed by atoms with E-state index in [9.17, 15) is 13.9 Å². The van der Waals surface area contributed by atoms with E-state index in [4.69, 9.17) is 9.40 Å². The van der Waals surface area contributed by atoms with Gasteiger partial charge in [-0.1, -0.05) is 19.9 Å². The van der Waals surface area contributed by atoms with Crippen LogP contribution in [0.15, 0.2) is 47.3 Å². The molecule has 2 aliphatic carbocycles. The molecule has 3 heterocycles. The number of oxazole rings is 1. The van der Waals surface area contributed by atoms with Gasteiger partial charge in [-0.3, -0.25) is 4.98 Å². The lowest BCUT2D eigenvalue weighted by atomic mass is 9.66. The maximum absolute atomic E-state index is 14.5. The van der Waals surface area contributed by atoms with Crippen LogP contribution in [-0.4, -0.2) is 36.4 Å². The van der Waals surface area contributed by atoms with Crippen LogP contribution in [0.5, 0.6) is 0 Å².